The average Bonchev–Trinajstić information content (AvgIpc) is 2.30. The molecule has 0 aromatic heterocycles. The Labute approximate surface area is 130 Å². The van der Waals surface area contributed by atoms with Crippen LogP contribution >= 0.6 is 7.82 Å². The Morgan fingerprint density at radius 3 is 2.55 bits per heavy atom. The molecule has 8 nitrogen and oxygen atoms in total. The second kappa shape index (κ2) is 6.66. The summed E-state index contributed by atoms with van der Waals surface area (Å²) in [5.74, 6) is -1.00. The van der Waals surface area contributed by atoms with E-state index in [0.717, 1.165) is 0 Å². The molecule has 1 aliphatic heterocycles. The molecule has 2 atom stereocenters. The van der Waals surface area contributed by atoms with Crippen LogP contribution in [0.4, 0.5) is 0 Å². The lowest BCUT2D eigenvalue weighted by Gasteiger charge is -2.38. The molecule has 0 aliphatic carbocycles. The average molecular weight is 337 g/mol. The van der Waals surface area contributed by atoms with Crippen molar-refractivity contribution in [3.05, 3.63) is 0 Å². The lowest BCUT2D eigenvalue weighted by molar-refractivity contribution is -0.154. The summed E-state index contributed by atoms with van der Waals surface area (Å²) in [6.07, 6.45) is -1.13. The first-order chi connectivity index (χ1) is 9.82. The number of rotatable bonds is 4. The normalized spacial score (nSPS) is 28.0. The van der Waals surface area contributed by atoms with Crippen molar-refractivity contribution >= 4 is 19.7 Å². The van der Waals surface area contributed by atoms with Gasteiger partial charge < -0.3 is 14.9 Å². The zero-order valence-electron chi connectivity index (χ0n) is 13.5. The van der Waals surface area contributed by atoms with Crippen LogP contribution in [0, 0.1) is 5.41 Å². The van der Waals surface area contributed by atoms with Crippen molar-refractivity contribution in [1.82, 2.24) is 5.32 Å². The molecule has 1 aliphatic rings. The number of carbonyl (C=O) groups is 2. The van der Waals surface area contributed by atoms with Crippen LogP contribution in [0.3, 0.4) is 0 Å². The van der Waals surface area contributed by atoms with Crippen LogP contribution in [-0.4, -0.2) is 41.6 Å². The molecule has 0 aromatic carbocycles. The van der Waals surface area contributed by atoms with E-state index in [-0.39, 0.29) is 19.6 Å². The first-order valence-electron chi connectivity index (χ1n) is 6.98. The fourth-order valence-corrected chi connectivity index (χ4v) is 3.01. The zero-order chi connectivity index (χ0) is 17.2. The molecule has 0 radical (unpaired) electrons. The summed E-state index contributed by atoms with van der Waals surface area (Å²) in [6, 6.07) is 0. The Bertz CT molecular complexity index is 483. The Morgan fingerprint density at radius 2 is 2.00 bits per heavy atom. The van der Waals surface area contributed by atoms with E-state index in [1.165, 1.54) is 0 Å². The predicted octanol–water partition coefficient (Wildman–Crippen LogP) is 1.38. The number of ether oxygens (including phenoxy) is 1. The van der Waals surface area contributed by atoms with Crippen LogP contribution in [0.1, 0.15) is 41.0 Å². The van der Waals surface area contributed by atoms with Gasteiger partial charge in [-0.2, -0.15) is 0 Å². The van der Waals surface area contributed by atoms with Gasteiger partial charge in [-0.1, -0.05) is 13.8 Å². The van der Waals surface area contributed by atoms with Gasteiger partial charge in [0.1, 0.15) is 5.60 Å². The van der Waals surface area contributed by atoms with Gasteiger partial charge in [-0.3, -0.25) is 18.6 Å². The highest BCUT2D eigenvalue weighted by Gasteiger charge is 2.47. The Balaban J connectivity index is 2.50. The van der Waals surface area contributed by atoms with Gasteiger partial charge in [-0.15, -0.1) is 0 Å². The first kappa shape index (κ1) is 19.1. The molecule has 1 fully saturated rings. The number of hydrogen-bond donors (Lipinski definition) is 2. The van der Waals surface area contributed by atoms with Gasteiger partial charge >= 0.3 is 13.8 Å². The third-order valence-corrected chi connectivity index (χ3v) is 3.77. The van der Waals surface area contributed by atoms with E-state index in [9.17, 15) is 19.0 Å². The number of phosphoric acid groups is 1. The highest BCUT2D eigenvalue weighted by atomic mass is 31.2. The first-order valence-corrected chi connectivity index (χ1v) is 8.47. The van der Waals surface area contributed by atoms with E-state index >= 15 is 0 Å². The van der Waals surface area contributed by atoms with Gasteiger partial charge in [0.25, 0.3) is 0 Å². The van der Waals surface area contributed by atoms with E-state index in [0.29, 0.717) is 0 Å². The van der Waals surface area contributed by atoms with Crippen molar-refractivity contribution in [2.45, 2.75) is 52.7 Å². The lowest BCUT2D eigenvalue weighted by atomic mass is 9.87. The molecule has 128 valence electrons. The Morgan fingerprint density at radius 1 is 1.41 bits per heavy atom. The lowest BCUT2D eigenvalue weighted by Crippen LogP contribution is -2.49. The third-order valence-electron chi connectivity index (χ3n) is 2.83. The highest BCUT2D eigenvalue weighted by Crippen LogP contribution is 2.52. The number of hydrogen-bond acceptors (Lipinski definition) is 6. The molecule has 1 amide bonds. The van der Waals surface area contributed by atoms with E-state index < -0.39 is 36.8 Å². The SMILES string of the molecule is CC(C)(C)OC(=O)CCNC(=O)[C@@H]1OP(=O)(O)OCC1(C)C. The van der Waals surface area contributed by atoms with Crippen molar-refractivity contribution in [3.63, 3.8) is 0 Å². The molecule has 9 heteroatoms. The van der Waals surface area contributed by atoms with Crippen LogP contribution in [0.15, 0.2) is 0 Å². The van der Waals surface area contributed by atoms with E-state index in [1.807, 2.05) is 0 Å². The Hall–Kier alpha value is -0.950. The van der Waals surface area contributed by atoms with Crippen molar-refractivity contribution in [1.29, 1.82) is 0 Å². The van der Waals surface area contributed by atoms with Crippen molar-refractivity contribution in [2.24, 2.45) is 5.41 Å². The fraction of sp³-hybridized carbons (Fsp3) is 0.846. The quantitative estimate of drug-likeness (QED) is 0.589. The molecule has 2 N–H and O–H groups in total. The second-order valence-electron chi connectivity index (χ2n) is 6.84. The van der Waals surface area contributed by atoms with Crippen molar-refractivity contribution in [3.8, 4) is 0 Å². The molecule has 0 bridgehead atoms. The van der Waals surface area contributed by atoms with Gasteiger partial charge in [0, 0.05) is 12.0 Å². The summed E-state index contributed by atoms with van der Waals surface area (Å²) in [5, 5.41) is 2.51. The van der Waals surface area contributed by atoms with Gasteiger partial charge in [0.2, 0.25) is 5.91 Å². The van der Waals surface area contributed by atoms with Gasteiger partial charge in [-0.25, -0.2) is 4.57 Å². The maximum Gasteiger partial charge on any atom is 0.472 e. The number of nitrogens with one attached hydrogen (secondary N) is 1. The minimum Gasteiger partial charge on any atom is -0.460 e. The standard InChI is InChI=1S/C13H24NO7P/c1-12(2,3)20-9(15)6-7-14-11(16)10-13(4,5)8-19-22(17,18)21-10/h10H,6-8H2,1-5H3,(H,14,16)(H,17,18)/t10-/m0/s1. The van der Waals surface area contributed by atoms with Crippen LogP contribution in [0.25, 0.3) is 0 Å². The molecule has 1 heterocycles. The van der Waals surface area contributed by atoms with E-state index in [4.69, 9.17) is 13.8 Å². The number of phosphoric ester groups is 1. The van der Waals surface area contributed by atoms with Gasteiger partial charge in [0.15, 0.2) is 6.10 Å². The van der Waals surface area contributed by atoms with E-state index in [2.05, 4.69) is 5.32 Å². The third kappa shape index (κ3) is 6.04. The smallest absolute Gasteiger partial charge is 0.460 e. The number of amides is 1. The van der Waals surface area contributed by atoms with Gasteiger partial charge in [-0.05, 0) is 20.8 Å². The summed E-state index contributed by atoms with van der Waals surface area (Å²) >= 11 is 0. The Kier molecular flexibility index (Phi) is 5.78. The largest absolute Gasteiger partial charge is 0.472 e. The van der Waals surface area contributed by atoms with Crippen LogP contribution < -0.4 is 5.32 Å². The molecule has 22 heavy (non-hydrogen) atoms. The maximum atomic E-state index is 12.1. The number of carbonyl (C=O) groups excluding carboxylic acids is 2. The summed E-state index contributed by atoms with van der Waals surface area (Å²) in [7, 11) is -4.21. The molecule has 1 unspecified atom stereocenters. The fourth-order valence-electron chi connectivity index (χ4n) is 1.81. The van der Waals surface area contributed by atoms with Crippen LogP contribution in [0.2, 0.25) is 0 Å². The molecule has 1 saturated heterocycles. The molecular formula is C13H24NO7P. The topological polar surface area (TPSA) is 111 Å². The summed E-state index contributed by atoms with van der Waals surface area (Å²) < 4.78 is 26.1. The number of esters is 1. The van der Waals surface area contributed by atoms with Crippen molar-refractivity contribution in [2.75, 3.05) is 13.2 Å². The van der Waals surface area contributed by atoms with Crippen LogP contribution in [-0.2, 0) is 27.9 Å². The summed E-state index contributed by atoms with van der Waals surface area (Å²) in [6.45, 7) is 8.60. The predicted molar refractivity (Wildman–Crippen MR) is 77.9 cm³/mol. The molecular weight excluding hydrogens is 313 g/mol. The zero-order valence-corrected chi connectivity index (χ0v) is 14.4. The van der Waals surface area contributed by atoms with Crippen molar-refractivity contribution < 1.29 is 32.8 Å². The molecule has 1 rings (SSSR count). The summed E-state index contributed by atoms with van der Waals surface area (Å²) in [4.78, 5) is 33.0. The minimum atomic E-state index is -4.21. The van der Waals surface area contributed by atoms with Crippen LogP contribution in [0.5, 0.6) is 0 Å². The monoisotopic (exact) mass is 337 g/mol. The molecule has 0 saturated carbocycles. The minimum absolute atomic E-state index is 0.00342. The van der Waals surface area contributed by atoms with Gasteiger partial charge in [0.05, 0.1) is 13.0 Å². The summed E-state index contributed by atoms with van der Waals surface area (Å²) in [5.41, 5.74) is -1.34. The maximum absolute atomic E-state index is 12.1. The van der Waals surface area contributed by atoms with E-state index in [1.54, 1.807) is 34.6 Å². The molecule has 0 aromatic rings. The highest BCUT2D eigenvalue weighted by molar-refractivity contribution is 7.47. The molecule has 0 spiro atoms. The second-order valence-corrected chi connectivity index (χ2v) is 8.25.